The molecule has 0 bridgehead atoms. The molecular weight excluding hydrogens is 252 g/mol. The number of aromatic nitrogens is 2. The van der Waals surface area contributed by atoms with Gasteiger partial charge in [0, 0.05) is 35.5 Å². The highest BCUT2D eigenvalue weighted by Crippen LogP contribution is 2.23. The highest BCUT2D eigenvalue weighted by Gasteiger charge is 2.04. The number of rotatable bonds is 3. The van der Waals surface area contributed by atoms with E-state index in [1.165, 1.54) is 6.92 Å². The van der Waals surface area contributed by atoms with Gasteiger partial charge in [0.25, 0.3) is 0 Å². The standard InChI is InChI=1S/C16H12N2O2/c1-11(19)13-6-8-18-16(9-13)20-14-5-4-12-3-2-7-17-15(12)10-14/h2-10H,1H3. The van der Waals surface area contributed by atoms with E-state index < -0.39 is 0 Å². The van der Waals surface area contributed by atoms with Gasteiger partial charge in [-0.3, -0.25) is 9.78 Å². The number of ether oxygens (including phenoxy) is 1. The lowest BCUT2D eigenvalue weighted by Crippen LogP contribution is -1.94. The highest BCUT2D eigenvalue weighted by molar-refractivity contribution is 5.94. The molecule has 0 spiro atoms. The zero-order chi connectivity index (χ0) is 13.9. The second kappa shape index (κ2) is 5.09. The average molecular weight is 264 g/mol. The summed E-state index contributed by atoms with van der Waals surface area (Å²) in [5, 5.41) is 1.05. The molecule has 0 N–H and O–H groups in total. The molecule has 0 unspecified atom stereocenters. The van der Waals surface area contributed by atoms with Gasteiger partial charge in [0.1, 0.15) is 5.75 Å². The normalized spacial score (nSPS) is 10.4. The molecule has 4 heteroatoms. The van der Waals surface area contributed by atoms with Crippen LogP contribution < -0.4 is 4.74 Å². The Kier molecular flexibility index (Phi) is 3.13. The summed E-state index contributed by atoms with van der Waals surface area (Å²) < 4.78 is 5.67. The Bertz CT molecular complexity index is 784. The van der Waals surface area contributed by atoms with Crippen molar-refractivity contribution < 1.29 is 9.53 Å². The minimum Gasteiger partial charge on any atom is -0.439 e. The second-order valence-electron chi connectivity index (χ2n) is 4.40. The summed E-state index contributed by atoms with van der Waals surface area (Å²) in [5.74, 6) is 1.02. The average Bonchev–Trinajstić information content (AvgIpc) is 2.47. The number of Topliss-reactive ketones (excluding diaryl/α,β-unsaturated/α-hetero) is 1. The third kappa shape index (κ3) is 2.49. The van der Waals surface area contributed by atoms with Crippen molar-refractivity contribution in [3.05, 3.63) is 60.4 Å². The Hall–Kier alpha value is -2.75. The minimum atomic E-state index is -0.0163. The summed E-state index contributed by atoms with van der Waals surface area (Å²) in [6, 6.07) is 12.8. The molecule has 0 amide bonds. The molecule has 0 fully saturated rings. The molecule has 3 rings (SSSR count). The summed E-state index contributed by atoms with van der Waals surface area (Å²) in [7, 11) is 0. The zero-order valence-corrected chi connectivity index (χ0v) is 10.9. The third-order valence-electron chi connectivity index (χ3n) is 2.94. The van der Waals surface area contributed by atoms with E-state index in [9.17, 15) is 4.79 Å². The quantitative estimate of drug-likeness (QED) is 0.678. The number of ketones is 1. The van der Waals surface area contributed by atoms with Crippen molar-refractivity contribution in [2.45, 2.75) is 6.92 Å². The van der Waals surface area contributed by atoms with E-state index in [0.29, 0.717) is 17.2 Å². The fraction of sp³-hybridized carbons (Fsp3) is 0.0625. The van der Waals surface area contributed by atoms with Crippen LogP contribution in [0.5, 0.6) is 11.6 Å². The Balaban J connectivity index is 1.92. The van der Waals surface area contributed by atoms with Crippen LogP contribution in [0.1, 0.15) is 17.3 Å². The van der Waals surface area contributed by atoms with Crippen LogP contribution in [0.25, 0.3) is 10.9 Å². The SMILES string of the molecule is CC(=O)c1ccnc(Oc2ccc3cccnc3c2)c1. The first kappa shape index (κ1) is 12.3. The van der Waals surface area contributed by atoms with Crippen LogP contribution in [-0.2, 0) is 0 Å². The van der Waals surface area contributed by atoms with Gasteiger partial charge in [-0.1, -0.05) is 6.07 Å². The lowest BCUT2D eigenvalue weighted by Gasteiger charge is -2.06. The van der Waals surface area contributed by atoms with Gasteiger partial charge < -0.3 is 4.74 Å². The lowest BCUT2D eigenvalue weighted by molar-refractivity contribution is 0.101. The maximum atomic E-state index is 11.3. The first-order valence-electron chi connectivity index (χ1n) is 6.22. The fourth-order valence-corrected chi connectivity index (χ4v) is 1.91. The highest BCUT2D eigenvalue weighted by atomic mass is 16.5. The number of hydrogen-bond donors (Lipinski definition) is 0. The molecule has 98 valence electrons. The summed E-state index contributed by atoms with van der Waals surface area (Å²) in [6.07, 6.45) is 3.30. The summed E-state index contributed by atoms with van der Waals surface area (Å²) in [6.45, 7) is 1.51. The van der Waals surface area contributed by atoms with Crippen molar-refractivity contribution in [1.82, 2.24) is 9.97 Å². The Morgan fingerprint density at radius 1 is 1.05 bits per heavy atom. The van der Waals surface area contributed by atoms with Crippen LogP contribution in [0.3, 0.4) is 0 Å². The third-order valence-corrected chi connectivity index (χ3v) is 2.94. The van der Waals surface area contributed by atoms with Crippen molar-refractivity contribution in [2.75, 3.05) is 0 Å². The van der Waals surface area contributed by atoms with Gasteiger partial charge in [0.05, 0.1) is 5.52 Å². The Morgan fingerprint density at radius 2 is 1.95 bits per heavy atom. The van der Waals surface area contributed by atoms with Crippen molar-refractivity contribution in [1.29, 1.82) is 0 Å². The van der Waals surface area contributed by atoms with Crippen LogP contribution in [0.2, 0.25) is 0 Å². The summed E-state index contributed by atoms with van der Waals surface area (Å²) >= 11 is 0. The number of fused-ring (bicyclic) bond motifs is 1. The molecule has 0 atom stereocenters. The van der Waals surface area contributed by atoms with Crippen molar-refractivity contribution >= 4 is 16.7 Å². The first-order chi connectivity index (χ1) is 9.72. The molecule has 0 radical (unpaired) electrons. The molecule has 0 aliphatic heterocycles. The molecule has 2 aromatic heterocycles. The van der Waals surface area contributed by atoms with E-state index in [0.717, 1.165) is 10.9 Å². The monoisotopic (exact) mass is 264 g/mol. The van der Waals surface area contributed by atoms with E-state index in [-0.39, 0.29) is 5.78 Å². The first-order valence-corrected chi connectivity index (χ1v) is 6.22. The topological polar surface area (TPSA) is 52.1 Å². The second-order valence-corrected chi connectivity index (χ2v) is 4.40. The van der Waals surface area contributed by atoms with Gasteiger partial charge in [0.2, 0.25) is 5.88 Å². The molecule has 0 saturated carbocycles. The fourth-order valence-electron chi connectivity index (χ4n) is 1.91. The van der Waals surface area contributed by atoms with E-state index in [1.807, 2.05) is 30.3 Å². The number of pyridine rings is 2. The maximum Gasteiger partial charge on any atom is 0.219 e. The number of carbonyl (C=O) groups excluding carboxylic acids is 1. The largest absolute Gasteiger partial charge is 0.439 e. The molecule has 0 aliphatic rings. The molecule has 20 heavy (non-hydrogen) atoms. The zero-order valence-electron chi connectivity index (χ0n) is 10.9. The smallest absolute Gasteiger partial charge is 0.219 e. The molecule has 0 saturated heterocycles. The van der Waals surface area contributed by atoms with Crippen LogP contribution in [0.15, 0.2) is 54.9 Å². The van der Waals surface area contributed by atoms with Gasteiger partial charge in [0.15, 0.2) is 5.78 Å². The minimum absolute atomic E-state index is 0.0163. The Labute approximate surface area is 116 Å². The van der Waals surface area contributed by atoms with Crippen LogP contribution in [0.4, 0.5) is 0 Å². The molecule has 4 nitrogen and oxygen atoms in total. The summed E-state index contributed by atoms with van der Waals surface area (Å²) in [5.41, 5.74) is 1.43. The van der Waals surface area contributed by atoms with Gasteiger partial charge in [-0.15, -0.1) is 0 Å². The lowest BCUT2D eigenvalue weighted by atomic mass is 10.2. The van der Waals surface area contributed by atoms with Gasteiger partial charge in [-0.25, -0.2) is 4.98 Å². The molecule has 2 heterocycles. The number of nitrogens with zero attached hydrogens (tertiary/aromatic N) is 2. The Morgan fingerprint density at radius 3 is 2.80 bits per heavy atom. The van der Waals surface area contributed by atoms with E-state index in [4.69, 9.17) is 4.74 Å². The van der Waals surface area contributed by atoms with Crippen molar-refractivity contribution in [3.63, 3.8) is 0 Å². The maximum absolute atomic E-state index is 11.3. The van der Waals surface area contributed by atoms with E-state index in [2.05, 4.69) is 9.97 Å². The predicted octanol–water partition coefficient (Wildman–Crippen LogP) is 3.62. The number of hydrogen-bond acceptors (Lipinski definition) is 4. The predicted molar refractivity (Wildman–Crippen MR) is 76.1 cm³/mol. The van der Waals surface area contributed by atoms with Crippen molar-refractivity contribution in [2.24, 2.45) is 0 Å². The number of carbonyl (C=O) groups is 1. The van der Waals surface area contributed by atoms with E-state index >= 15 is 0 Å². The van der Waals surface area contributed by atoms with Crippen LogP contribution in [-0.4, -0.2) is 15.8 Å². The molecule has 3 aromatic rings. The van der Waals surface area contributed by atoms with Crippen molar-refractivity contribution in [3.8, 4) is 11.6 Å². The summed E-state index contributed by atoms with van der Waals surface area (Å²) in [4.78, 5) is 19.7. The molecular formula is C16H12N2O2. The van der Waals surface area contributed by atoms with Gasteiger partial charge in [-0.2, -0.15) is 0 Å². The number of benzene rings is 1. The molecule has 1 aromatic carbocycles. The van der Waals surface area contributed by atoms with E-state index in [1.54, 1.807) is 24.5 Å². The molecule has 0 aliphatic carbocycles. The van der Waals surface area contributed by atoms with Gasteiger partial charge in [-0.05, 0) is 31.2 Å². The van der Waals surface area contributed by atoms with Gasteiger partial charge >= 0.3 is 0 Å². The van der Waals surface area contributed by atoms with Crippen LogP contribution >= 0.6 is 0 Å². The van der Waals surface area contributed by atoms with Crippen LogP contribution in [0, 0.1) is 0 Å².